The van der Waals surface area contributed by atoms with Gasteiger partial charge >= 0.3 is 5.97 Å². The molecule has 0 saturated heterocycles. The van der Waals surface area contributed by atoms with Crippen LogP contribution >= 0.6 is 0 Å². The molecular formula is C14H18N2O2. The van der Waals surface area contributed by atoms with Crippen LogP contribution in [0.4, 0.5) is 0 Å². The first kappa shape index (κ1) is 10.6. The van der Waals surface area contributed by atoms with Crippen molar-refractivity contribution in [1.82, 2.24) is 9.55 Å². The molecule has 0 atom stereocenters. The van der Waals surface area contributed by atoms with Gasteiger partial charge in [0, 0.05) is 5.54 Å². The van der Waals surface area contributed by atoms with E-state index >= 15 is 0 Å². The number of rotatable bonds is 2. The molecule has 0 spiro atoms. The first-order valence-electron chi connectivity index (χ1n) is 6.92. The minimum absolute atomic E-state index is 0.0684. The molecule has 1 N–H and O–H groups in total. The summed E-state index contributed by atoms with van der Waals surface area (Å²) in [5, 5.41) is 9.30. The van der Waals surface area contributed by atoms with E-state index in [1.165, 1.54) is 25.5 Å². The minimum Gasteiger partial charge on any atom is -0.477 e. The van der Waals surface area contributed by atoms with Crippen molar-refractivity contribution in [3.05, 3.63) is 18.2 Å². The summed E-state index contributed by atoms with van der Waals surface area (Å²) in [6.07, 6.45) is 10.8. The van der Waals surface area contributed by atoms with Crippen LogP contribution in [0.1, 0.15) is 49.0 Å². The van der Waals surface area contributed by atoms with E-state index < -0.39 is 5.97 Å². The number of aromatic carboxylic acids is 1. The first-order valence-corrected chi connectivity index (χ1v) is 6.92. The highest BCUT2D eigenvalue weighted by Gasteiger charge is 2.52. The lowest BCUT2D eigenvalue weighted by Gasteiger charge is -2.57. The number of nitrogens with zero attached hydrogens (tertiary/aromatic N) is 2. The number of carbonyl (C=O) groups is 1. The zero-order valence-electron chi connectivity index (χ0n) is 10.4. The van der Waals surface area contributed by atoms with Crippen LogP contribution in [0.5, 0.6) is 0 Å². The number of hydrogen-bond donors (Lipinski definition) is 1. The van der Waals surface area contributed by atoms with Crippen molar-refractivity contribution in [1.29, 1.82) is 0 Å². The molecule has 4 heteroatoms. The van der Waals surface area contributed by atoms with Gasteiger partial charge in [-0.05, 0) is 56.3 Å². The topological polar surface area (TPSA) is 55.1 Å². The summed E-state index contributed by atoms with van der Waals surface area (Å²) >= 11 is 0. The number of carboxylic acids is 1. The van der Waals surface area contributed by atoms with E-state index in [1.807, 2.05) is 4.57 Å². The molecule has 0 aromatic carbocycles. The van der Waals surface area contributed by atoms with Crippen LogP contribution in [0, 0.1) is 17.8 Å². The smallest absolute Gasteiger partial charge is 0.354 e. The van der Waals surface area contributed by atoms with Crippen molar-refractivity contribution in [3.8, 4) is 0 Å². The molecule has 0 radical (unpaired) electrons. The molecule has 0 aliphatic heterocycles. The van der Waals surface area contributed by atoms with Gasteiger partial charge in [-0.1, -0.05) is 0 Å². The first-order chi connectivity index (χ1) is 8.66. The highest BCUT2D eigenvalue weighted by molar-refractivity contribution is 5.85. The largest absolute Gasteiger partial charge is 0.477 e. The van der Waals surface area contributed by atoms with Gasteiger partial charge in [-0.25, -0.2) is 9.78 Å². The predicted molar refractivity (Wildman–Crippen MR) is 65.3 cm³/mol. The fourth-order valence-electron chi connectivity index (χ4n) is 5.19. The highest BCUT2D eigenvalue weighted by Crippen LogP contribution is 2.58. The summed E-state index contributed by atoms with van der Waals surface area (Å²) in [5.41, 5.74) is 0.441. The van der Waals surface area contributed by atoms with E-state index in [0.29, 0.717) is 5.69 Å². The van der Waals surface area contributed by atoms with Crippen LogP contribution in [0.15, 0.2) is 12.5 Å². The lowest BCUT2D eigenvalue weighted by molar-refractivity contribution is -0.0444. The normalized spacial score (nSPS) is 41.2. The zero-order valence-corrected chi connectivity index (χ0v) is 10.4. The maximum Gasteiger partial charge on any atom is 0.354 e. The molecule has 0 amide bonds. The Hall–Kier alpha value is -1.32. The Morgan fingerprint density at radius 3 is 2.28 bits per heavy atom. The van der Waals surface area contributed by atoms with Gasteiger partial charge < -0.3 is 9.67 Å². The third-order valence-corrected chi connectivity index (χ3v) is 5.37. The summed E-state index contributed by atoms with van der Waals surface area (Å²) < 4.78 is 1.99. The van der Waals surface area contributed by atoms with Crippen LogP contribution < -0.4 is 0 Å². The van der Waals surface area contributed by atoms with Crippen molar-refractivity contribution in [3.63, 3.8) is 0 Å². The highest BCUT2D eigenvalue weighted by atomic mass is 16.4. The quantitative estimate of drug-likeness (QED) is 0.872. The summed E-state index contributed by atoms with van der Waals surface area (Å²) in [5.74, 6) is 1.61. The maximum absolute atomic E-state index is 11.3. The Morgan fingerprint density at radius 2 is 1.78 bits per heavy atom. The Labute approximate surface area is 106 Å². The number of carboxylic acid groups (broad SMARTS) is 1. The molecule has 4 aliphatic carbocycles. The number of hydrogen-bond acceptors (Lipinski definition) is 2. The van der Waals surface area contributed by atoms with Crippen LogP contribution in [-0.4, -0.2) is 20.6 Å². The second kappa shape index (κ2) is 3.37. The van der Waals surface area contributed by atoms with E-state index in [2.05, 4.69) is 4.98 Å². The molecule has 96 valence electrons. The summed E-state index contributed by atoms with van der Waals surface area (Å²) in [6.45, 7) is 0. The summed E-state index contributed by atoms with van der Waals surface area (Å²) in [7, 11) is 0. The van der Waals surface area contributed by atoms with E-state index in [4.69, 9.17) is 0 Å². The third-order valence-electron chi connectivity index (χ3n) is 5.37. The van der Waals surface area contributed by atoms with E-state index in [0.717, 1.165) is 37.0 Å². The molecule has 4 nitrogen and oxygen atoms in total. The number of imidazole rings is 1. The van der Waals surface area contributed by atoms with Crippen LogP contribution in [0.25, 0.3) is 0 Å². The fourth-order valence-corrected chi connectivity index (χ4v) is 5.19. The second-order valence-corrected chi connectivity index (χ2v) is 6.60. The monoisotopic (exact) mass is 246 g/mol. The second-order valence-electron chi connectivity index (χ2n) is 6.60. The molecule has 0 unspecified atom stereocenters. The zero-order chi connectivity index (χ0) is 12.3. The Kier molecular flexibility index (Phi) is 1.98. The molecule has 4 saturated carbocycles. The Bertz CT molecular complexity index is 470. The van der Waals surface area contributed by atoms with E-state index in [1.54, 1.807) is 6.33 Å². The Balaban J connectivity index is 1.79. The van der Waals surface area contributed by atoms with Crippen LogP contribution in [0.2, 0.25) is 0 Å². The standard InChI is InChI=1S/C14H18N2O2/c17-13(18)12-7-15-8-16(12)14-4-9-1-10(5-14)3-11(2-9)6-14/h7-11H,1-6H2,(H,17,18). The van der Waals surface area contributed by atoms with Crippen molar-refractivity contribution in [2.75, 3.05) is 0 Å². The molecule has 4 aliphatic rings. The van der Waals surface area contributed by atoms with E-state index in [-0.39, 0.29) is 5.54 Å². The lowest BCUT2D eigenvalue weighted by Crippen LogP contribution is -2.52. The minimum atomic E-state index is -0.844. The third kappa shape index (κ3) is 1.32. The molecule has 1 aromatic heterocycles. The average molecular weight is 246 g/mol. The van der Waals surface area contributed by atoms with Crippen LogP contribution in [-0.2, 0) is 5.54 Å². The maximum atomic E-state index is 11.3. The van der Waals surface area contributed by atoms with Gasteiger partial charge in [-0.2, -0.15) is 0 Å². The molecule has 5 rings (SSSR count). The molecule has 1 aromatic rings. The molecule has 1 heterocycles. The van der Waals surface area contributed by atoms with Crippen molar-refractivity contribution in [2.24, 2.45) is 17.8 Å². The SMILES string of the molecule is O=C(O)c1cncn1C12CC3CC(CC(C3)C1)C2. The molecule has 18 heavy (non-hydrogen) atoms. The van der Waals surface area contributed by atoms with Gasteiger partial charge in [0.05, 0.1) is 12.5 Å². The van der Waals surface area contributed by atoms with Gasteiger partial charge in [0.15, 0.2) is 0 Å². The average Bonchev–Trinajstić information content (AvgIpc) is 2.76. The van der Waals surface area contributed by atoms with Gasteiger partial charge in [-0.15, -0.1) is 0 Å². The molecular weight excluding hydrogens is 228 g/mol. The lowest BCUT2D eigenvalue weighted by atomic mass is 9.53. The van der Waals surface area contributed by atoms with Gasteiger partial charge in [0.1, 0.15) is 5.69 Å². The fraction of sp³-hybridized carbons (Fsp3) is 0.714. The van der Waals surface area contributed by atoms with Crippen molar-refractivity contribution >= 4 is 5.97 Å². The summed E-state index contributed by atoms with van der Waals surface area (Å²) in [4.78, 5) is 15.4. The summed E-state index contributed by atoms with van der Waals surface area (Å²) in [6, 6.07) is 0. The number of aromatic nitrogens is 2. The van der Waals surface area contributed by atoms with Gasteiger partial charge in [0.2, 0.25) is 0 Å². The van der Waals surface area contributed by atoms with Crippen molar-refractivity contribution < 1.29 is 9.90 Å². The van der Waals surface area contributed by atoms with E-state index in [9.17, 15) is 9.90 Å². The van der Waals surface area contributed by atoms with Gasteiger partial charge in [-0.3, -0.25) is 0 Å². The molecule has 4 bridgehead atoms. The van der Waals surface area contributed by atoms with Crippen molar-refractivity contribution in [2.45, 2.75) is 44.1 Å². The Morgan fingerprint density at radius 1 is 1.22 bits per heavy atom. The van der Waals surface area contributed by atoms with Gasteiger partial charge in [0.25, 0.3) is 0 Å². The van der Waals surface area contributed by atoms with Crippen LogP contribution in [0.3, 0.4) is 0 Å². The molecule has 4 fully saturated rings. The predicted octanol–water partition coefficient (Wildman–Crippen LogP) is 2.51.